The Labute approximate surface area is 315 Å². The van der Waals surface area contributed by atoms with Crippen molar-refractivity contribution in [2.24, 2.45) is 58.8 Å². The van der Waals surface area contributed by atoms with Gasteiger partial charge in [0.25, 0.3) is 0 Å². The number of hydrogen-bond acceptors (Lipinski definition) is 6. The van der Waals surface area contributed by atoms with Crippen LogP contribution >= 0.6 is 0 Å². The monoisotopic (exact) mass is 722 g/mol. The van der Waals surface area contributed by atoms with E-state index in [2.05, 4.69) is 68.3 Å². The SMILES string of the molecule is NC(C(=O)N1[C@@H]2CC2C[C@H]1c1nc(-c2ccc(-c3ccc(-c4c[nH]c([C@@H]5C[C@H]6C[C@H]6N5C(=O)C(N)[C@H]5C[C@@H]6C[C@@H]6C5)n4)cc3)cc2)c[nH]1)[C@H]1CC2C[C@@H]2C1. The fourth-order valence-electron chi connectivity index (χ4n) is 11.9. The number of nitrogens with zero attached hydrogens (tertiary/aromatic N) is 4. The number of piperidine rings is 2. The van der Waals surface area contributed by atoms with Crippen LogP contribution in [0.1, 0.15) is 87.9 Å². The van der Waals surface area contributed by atoms with Gasteiger partial charge in [-0.25, -0.2) is 9.97 Å². The average molecular weight is 723 g/mol. The predicted octanol–water partition coefficient (Wildman–Crippen LogP) is 6.20. The molecule has 2 amide bonds. The first-order chi connectivity index (χ1) is 26.3. The summed E-state index contributed by atoms with van der Waals surface area (Å²) >= 11 is 0. The zero-order valence-corrected chi connectivity index (χ0v) is 30.7. The molecule has 0 spiro atoms. The summed E-state index contributed by atoms with van der Waals surface area (Å²) in [5.41, 5.74) is 19.4. The van der Waals surface area contributed by atoms with Gasteiger partial charge in [-0.3, -0.25) is 9.59 Å². The van der Waals surface area contributed by atoms with Crippen LogP contribution in [-0.2, 0) is 9.59 Å². The van der Waals surface area contributed by atoms with Crippen LogP contribution in [0.2, 0.25) is 0 Å². The first-order valence-corrected chi connectivity index (χ1v) is 20.8. The third kappa shape index (κ3) is 5.19. The third-order valence-corrected chi connectivity index (χ3v) is 15.4. The Hall–Kier alpha value is -4.28. The Kier molecular flexibility index (Phi) is 6.89. The molecule has 0 bridgehead atoms. The van der Waals surface area contributed by atoms with E-state index in [4.69, 9.17) is 21.4 Å². The van der Waals surface area contributed by atoms with Crippen molar-refractivity contribution < 1.29 is 9.59 Å². The van der Waals surface area contributed by atoms with Crippen molar-refractivity contribution >= 4 is 11.8 Å². The number of rotatable bonds is 9. The number of fused-ring (bicyclic) bond motifs is 4. The number of aromatic amines is 2. The molecule has 2 aromatic carbocycles. The molecule has 14 atom stereocenters. The van der Waals surface area contributed by atoms with Crippen LogP contribution in [0, 0.1) is 47.3 Å². The lowest BCUT2D eigenvalue weighted by atomic mass is 9.93. The smallest absolute Gasteiger partial charge is 0.240 e. The van der Waals surface area contributed by atoms with E-state index in [1.54, 1.807) is 0 Å². The zero-order chi connectivity index (χ0) is 36.0. The van der Waals surface area contributed by atoms with E-state index >= 15 is 0 Å². The second-order valence-corrected chi connectivity index (χ2v) is 18.6. The first kappa shape index (κ1) is 32.0. The molecule has 54 heavy (non-hydrogen) atoms. The fourth-order valence-corrected chi connectivity index (χ4v) is 11.9. The van der Waals surface area contributed by atoms with Gasteiger partial charge in [0.2, 0.25) is 11.8 Å². The maximum absolute atomic E-state index is 13.7. The van der Waals surface area contributed by atoms with Crippen LogP contribution in [0.3, 0.4) is 0 Å². The number of amides is 2. The second-order valence-electron chi connectivity index (χ2n) is 18.6. The van der Waals surface area contributed by atoms with Crippen molar-refractivity contribution in [1.29, 1.82) is 0 Å². The average Bonchev–Trinajstić information content (AvgIpc) is 4.14. The lowest BCUT2D eigenvalue weighted by Crippen LogP contribution is -2.48. The highest BCUT2D eigenvalue weighted by Crippen LogP contribution is 2.58. The van der Waals surface area contributed by atoms with Crippen molar-refractivity contribution in [1.82, 2.24) is 29.7 Å². The van der Waals surface area contributed by atoms with E-state index < -0.39 is 0 Å². The van der Waals surface area contributed by atoms with Crippen molar-refractivity contribution in [3.8, 4) is 33.6 Å². The van der Waals surface area contributed by atoms with Gasteiger partial charge in [0.05, 0.1) is 35.6 Å². The molecule has 6 saturated carbocycles. The summed E-state index contributed by atoms with van der Waals surface area (Å²) in [5, 5.41) is 0. The zero-order valence-electron chi connectivity index (χ0n) is 30.7. The lowest BCUT2D eigenvalue weighted by Gasteiger charge is -2.31. The number of nitrogens with two attached hydrogens (primary N) is 2. The summed E-state index contributed by atoms with van der Waals surface area (Å²) in [5.74, 6) is 7.14. The van der Waals surface area contributed by atoms with Crippen molar-refractivity contribution in [3.63, 3.8) is 0 Å². The summed E-state index contributed by atoms with van der Waals surface area (Å²) in [7, 11) is 0. The topological polar surface area (TPSA) is 150 Å². The molecule has 0 radical (unpaired) electrons. The molecular weight excluding hydrogens is 673 g/mol. The Bertz CT molecular complexity index is 1970. The molecule has 8 aliphatic rings. The van der Waals surface area contributed by atoms with Crippen LogP contribution in [0.4, 0.5) is 0 Å². The van der Waals surface area contributed by atoms with E-state index in [0.717, 1.165) is 120 Å². The molecule has 8 fully saturated rings. The molecule has 6 N–H and O–H groups in total. The van der Waals surface area contributed by atoms with Gasteiger partial charge >= 0.3 is 0 Å². The number of aromatic nitrogens is 4. The minimum absolute atomic E-state index is 0.0177. The summed E-state index contributed by atoms with van der Waals surface area (Å²) in [6.45, 7) is 0. The van der Waals surface area contributed by atoms with Crippen LogP contribution < -0.4 is 11.5 Å². The molecule has 2 aromatic heterocycles. The van der Waals surface area contributed by atoms with Gasteiger partial charge in [-0.15, -0.1) is 0 Å². The molecule has 6 aliphatic carbocycles. The van der Waals surface area contributed by atoms with Gasteiger partial charge < -0.3 is 31.2 Å². The molecule has 4 unspecified atom stereocenters. The molecule has 2 saturated heterocycles. The summed E-state index contributed by atoms with van der Waals surface area (Å²) in [6, 6.07) is 16.9. The molecule has 2 aliphatic heterocycles. The van der Waals surface area contributed by atoms with Gasteiger partial charge in [-0.1, -0.05) is 48.5 Å². The van der Waals surface area contributed by atoms with Gasteiger partial charge in [-0.2, -0.15) is 0 Å². The highest BCUT2D eigenvalue weighted by atomic mass is 16.2. The fraction of sp³-hybridized carbons (Fsp3) is 0.545. The van der Waals surface area contributed by atoms with Crippen molar-refractivity contribution in [2.75, 3.05) is 0 Å². The van der Waals surface area contributed by atoms with Crippen LogP contribution in [0.25, 0.3) is 33.6 Å². The molecule has 4 aromatic rings. The van der Waals surface area contributed by atoms with E-state index in [1.807, 2.05) is 12.4 Å². The molecule has 12 rings (SSSR count). The number of likely N-dealkylation sites (tertiary alicyclic amines) is 2. The maximum atomic E-state index is 13.7. The van der Waals surface area contributed by atoms with Gasteiger partial charge in [0.1, 0.15) is 11.6 Å². The normalized spacial score (nSPS) is 37.4. The van der Waals surface area contributed by atoms with Crippen LogP contribution in [-0.4, -0.2) is 65.7 Å². The highest BCUT2D eigenvalue weighted by Gasteiger charge is 2.59. The number of nitrogens with one attached hydrogen (secondary N) is 2. The third-order valence-electron chi connectivity index (χ3n) is 15.4. The molecule has 10 heteroatoms. The minimum atomic E-state index is -0.381. The number of hydrogen-bond donors (Lipinski definition) is 4. The number of H-pyrrole nitrogens is 2. The van der Waals surface area contributed by atoms with Crippen LogP contribution in [0.15, 0.2) is 60.9 Å². The highest BCUT2D eigenvalue weighted by molar-refractivity contribution is 5.84. The number of carbonyl (C=O) groups is 2. The Morgan fingerprint density at radius 3 is 1.28 bits per heavy atom. The first-order valence-electron chi connectivity index (χ1n) is 20.8. The molecule has 10 nitrogen and oxygen atoms in total. The second kappa shape index (κ2) is 11.6. The Morgan fingerprint density at radius 1 is 0.519 bits per heavy atom. The summed E-state index contributed by atoms with van der Waals surface area (Å²) in [4.78, 5) is 48.6. The molecule has 4 heterocycles. The largest absolute Gasteiger partial charge is 0.346 e. The molecular formula is C44H50N8O2. The minimum Gasteiger partial charge on any atom is -0.346 e. The standard InChI is InChI=1S/C44H50N8O2/c45-39(31-11-25-9-26(25)12-31)43(53)51-35-15-29(35)17-37(51)41-47-19-33(49-41)23-5-1-21(2-6-23)22-3-7-24(8-4-22)34-20-48-42(50-34)38-18-30-16-36(30)52(38)44(54)40(46)32-13-27-10-28(27)14-32/h1-8,19-20,25-32,35-40H,9-18,45-46H2,(H,47,49)(H,48,50)/t25-,26+,27-,28?,29-,30?,31-,32-,35-,36-,37+,38+,39?,40?/m1/s1. The number of imidazole rings is 2. The maximum Gasteiger partial charge on any atom is 0.240 e. The summed E-state index contributed by atoms with van der Waals surface area (Å²) in [6.07, 6.45) is 15.3. The van der Waals surface area contributed by atoms with E-state index in [0.29, 0.717) is 35.8 Å². The van der Waals surface area contributed by atoms with E-state index in [9.17, 15) is 9.59 Å². The summed E-state index contributed by atoms with van der Waals surface area (Å²) < 4.78 is 0. The molecule has 278 valence electrons. The Morgan fingerprint density at radius 2 is 0.889 bits per heavy atom. The van der Waals surface area contributed by atoms with Gasteiger partial charge in [0.15, 0.2) is 0 Å². The van der Waals surface area contributed by atoms with Crippen molar-refractivity contribution in [3.05, 3.63) is 72.6 Å². The predicted molar refractivity (Wildman–Crippen MR) is 204 cm³/mol. The van der Waals surface area contributed by atoms with Gasteiger partial charge in [0, 0.05) is 35.6 Å². The van der Waals surface area contributed by atoms with Crippen LogP contribution in [0.5, 0.6) is 0 Å². The van der Waals surface area contributed by atoms with E-state index in [-0.39, 0.29) is 36.0 Å². The van der Waals surface area contributed by atoms with Gasteiger partial charge in [-0.05, 0) is 123 Å². The lowest BCUT2D eigenvalue weighted by molar-refractivity contribution is -0.137. The number of carbonyl (C=O) groups excluding carboxylic acids is 2. The Balaban J connectivity index is 0.711. The van der Waals surface area contributed by atoms with E-state index in [1.165, 1.54) is 12.8 Å². The quantitative estimate of drug-likeness (QED) is 0.162. The number of benzene rings is 2. The van der Waals surface area contributed by atoms with Crippen molar-refractivity contribution in [2.45, 2.75) is 100 Å².